The normalized spacial score (nSPS) is 21.1. The molecule has 2 unspecified atom stereocenters. The van der Waals surface area contributed by atoms with Crippen molar-refractivity contribution < 1.29 is 14.3 Å². The number of nitriles is 1. The molecule has 0 spiro atoms. The highest BCUT2D eigenvalue weighted by Gasteiger charge is 2.31. The molecule has 0 aliphatic carbocycles. The Labute approximate surface area is 112 Å². The van der Waals surface area contributed by atoms with Crippen molar-refractivity contribution in [3.8, 4) is 11.8 Å². The lowest BCUT2D eigenvalue weighted by Gasteiger charge is -2.39. The van der Waals surface area contributed by atoms with E-state index in [-0.39, 0.29) is 12.1 Å². The Kier molecular flexibility index (Phi) is 3.61. The first-order valence-electron chi connectivity index (χ1n) is 6.07. The standard InChI is InChI=1S/C14H16N2O3/c1-9-12(6-7-15)19-13-8-10(14(17)18-3)4-5-11(13)16(9)2/h4-5,8-9,12H,6H2,1-3H3. The molecule has 1 aliphatic heterocycles. The monoisotopic (exact) mass is 260 g/mol. The zero-order valence-electron chi connectivity index (χ0n) is 11.2. The van der Waals surface area contributed by atoms with Crippen molar-refractivity contribution >= 4 is 11.7 Å². The van der Waals surface area contributed by atoms with Crippen LogP contribution < -0.4 is 9.64 Å². The van der Waals surface area contributed by atoms with E-state index in [0.717, 1.165) is 5.69 Å². The Morgan fingerprint density at radius 1 is 1.58 bits per heavy atom. The van der Waals surface area contributed by atoms with Crippen LogP contribution in [-0.2, 0) is 4.74 Å². The van der Waals surface area contributed by atoms with E-state index >= 15 is 0 Å². The third kappa shape index (κ3) is 2.34. The van der Waals surface area contributed by atoms with Gasteiger partial charge in [-0.15, -0.1) is 0 Å². The zero-order chi connectivity index (χ0) is 14.0. The maximum absolute atomic E-state index is 11.5. The lowest BCUT2D eigenvalue weighted by molar-refractivity contribution is 0.0599. The van der Waals surface area contributed by atoms with Gasteiger partial charge in [0, 0.05) is 7.05 Å². The average Bonchev–Trinajstić information content (AvgIpc) is 2.43. The van der Waals surface area contributed by atoms with Gasteiger partial charge in [0.1, 0.15) is 11.9 Å². The maximum atomic E-state index is 11.5. The van der Waals surface area contributed by atoms with E-state index in [1.165, 1.54) is 7.11 Å². The molecule has 0 saturated heterocycles. The minimum absolute atomic E-state index is 0.108. The molecule has 0 aromatic heterocycles. The first-order valence-corrected chi connectivity index (χ1v) is 6.07. The molecule has 0 fully saturated rings. The molecule has 0 saturated carbocycles. The first kappa shape index (κ1) is 13.2. The smallest absolute Gasteiger partial charge is 0.337 e. The number of hydrogen-bond donors (Lipinski definition) is 0. The van der Waals surface area contributed by atoms with E-state index in [4.69, 9.17) is 10.00 Å². The molecule has 5 nitrogen and oxygen atoms in total. The van der Waals surface area contributed by atoms with Gasteiger partial charge in [0.05, 0.1) is 36.9 Å². The topological polar surface area (TPSA) is 62.6 Å². The molecule has 0 radical (unpaired) electrons. The quantitative estimate of drug-likeness (QED) is 0.761. The number of carbonyl (C=O) groups is 1. The summed E-state index contributed by atoms with van der Waals surface area (Å²) in [6.07, 6.45) is 0.114. The van der Waals surface area contributed by atoms with E-state index < -0.39 is 5.97 Å². The number of rotatable bonds is 2. The van der Waals surface area contributed by atoms with Crippen LogP contribution >= 0.6 is 0 Å². The number of ether oxygens (including phenoxy) is 2. The Morgan fingerprint density at radius 3 is 2.95 bits per heavy atom. The predicted octanol–water partition coefficient (Wildman–Crippen LogP) is 1.97. The van der Waals surface area contributed by atoms with Crippen LogP contribution in [0.4, 0.5) is 5.69 Å². The molecule has 2 rings (SSSR count). The Morgan fingerprint density at radius 2 is 2.32 bits per heavy atom. The molecule has 2 atom stereocenters. The van der Waals surface area contributed by atoms with E-state index in [9.17, 15) is 4.79 Å². The van der Waals surface area contributed by atoms with Crippen LogP contribution in [0.25, 0.3) is 0 Å². The van der Waals surface area contributed by atoms with Crippen LogP contribution in [0.5, 0.6) is 5.75 Å². The number of fused-ring (bicyclic) bond motifs is 1. The van der Waals surface area contributed by atoms with Crippen LogP contribution in [0.2, 0.25) is 0 Å². The van der Waals surface area contributed by atoms with Gasteiger partial charge in [0.25, 0.3) is 0 Å². The summed E-state index contributed by atoms with van der Waals surface area (Å²) in [5, 5.41) is 8.83. The van der Waals surface area contributed by atoms with Crippen molar-refractivity contribution in [1.82, 2.24) is 0 Å². The minimum atomic E-state index is -0.399. The second-order valence-electron chi connectivity index (χ2n) is 4.54. The fourth-order valence-electron chi connectivity index (χ4n) is 2.18. The van der Waals surface area contributed by atoms with Gasteiger partial charge in [-0.25, -0.2) is 4.79 Å². The summed E-state index contributed by atoms with van der Waals surface area (Å²) in [5.41, 5.74) is 1.36. The lowest BCUT2D eigenvalue weighted by atomic mass is 10.0. The zero-order valence-corrected chi connectivity index (χ0v) is 11.2. The lowest BCUT2D eigenvalue weighted by Crippen LogP contribution is -2.45. The second kappa shape index (κ2) is 5.19. The van der Waals surface area contributed by atoms with Crippen LogP contribution in [0, 0.1) is 11.3 Å². The third-order valence-electron chi connectivity index (χ3n) is 3.48. The summed E-state index contributed by atoms with van der Waals surface area (Å²) in [6, 6.07) is 7.44. The van der Waals surface area contributed by atoms with Crippen molar-refractivity contribution in [2.45, 2.75) is 25.5 Å². The number of likely N-dealkylation sites (N-methyl/N-ethyl adjacent to an activating group) is 1. The molecule has 0 amide bonds. The van der Waals surface area contributed by atoms with Gasteiger partial charge in [-0.05, 0) is 25.1 Å². The highest BCUT2D eigenvalue weighted by molar-refractivity contribution is 5.90. The minimum Gasteiger partial charge on any atom is -0.485 e. The van der Waals surface area contributed by atoms with Crippen LogP contribution in [0.15, 0.2) is 18.2 Å². The summed E-state index contributed by atoms with van der Waals surface area (Å²) >= 11 is 0. The van der Waals surface area contributed by atoms with Gasteiger partial charge in [-0.3, -0.25) is 0 Å². The van der Waals surface area contributed by atoms with Gasteiger partial charge in [-0.2, -0.15) is 5.26 Å². The predicted molar refractivity (Wildman–Crippen MR) is 70.3 cm³/mol. The summed E-state index contributed by atoms with van der Waals surface area (Å²) < 4.78 is 10.5. The summed E-state index contributed by atoms with van der Waals surface area (Å²) in [6.45, 7) is 2.01. The van der Waals surface area contributed by atoms with Crippen LogP contribution in [0.1, 0.15) is 23.7 Å². The fourth-order valence-corrected chi connectivity index (χ4v) is 2.18. The van der Waals surface area contributed by atoms with Crippen molar-refractivity contribution in [2.24, 2.45) is 0 Å². The average molecular weight is 260 g/mol. The van der Waals surface area contributed by atoms with Gasteiger partial charge in [0.2, 0.25) is 0 Å². The maximum Gasteiger partial charge on any atom is 0.337 e. The molecule has 1 heterocycles. The van der Waals surface area contributed by atoms with E-state index in [0.29, 0.717) is 17.7 Å². The molecule has 100 valence electrons. The van der Waals surface area contributed by atoms with Gasteiger partial charge in [0.15, 0.2) is 0 Å². The number of esters is 1. The number of methoxy groups -OCH3 is 1. The number of nitrogens with zero attached hydrogens (tertiary/aromatic N) is 2. The van der Waals surface area contributed by atoms with E-state index in [1.54, 1.807) is 12.1 Å². The summed E-state index contributed by atoms with van der Waals surface area (Å²) in [4.78, 5) is 13.6. The molecule has 1 aliphatic rings. The largest absolute Gasteiger partial charge is 0.485 e. The fraction of sp³-hybridized carbons (Fsp3) is 0.429. The molecule has 19 heavy (non-hydrogen) atoms. The first-order chi connectivity index (χ1) is 9.08. The van der Waals surface area contributed by atoms with Gasteiger partial charge in [-0.1, -0.05) is 0 Å². The Hall–Kier alpha value is -2.22. The third-order valence-corrected chi connectivity index (χ3v) is 3.48. The Balaban J connectivity index is 2.37. The molecule has 0 bridgehead atoms. The molecule has 5 heteroatoms. The summed E-state index contributed by atoms with van der Waals surface area (Å²) in [5.74, 6) is 0.216. The Bertz CT molecular complexity index is 536. The molecule has 1 aromatic carbocycles. The van der Waals surface area contributed by atoms with Crippen molar-refractivity contribution in [1.29, 1.82) is 5.26 Å². The van der Waals surface area contributed by atoms with Gasteiger partial charge < -0.3 is 14.4 Å². The number of hydrogen-bond acceptors (Lipinski definition) is 5. The van der Waals surface area contributed by atoms with Crippen molar-refractivity contribution in [3.63, 3.8) is 0 Å². The highest BCUT2D eigenvalue weighted by atomic mass is 16.5. The SMILES string of the molecule is COC(=O)c1ccc2c(c1)OC(CC#N)C(C)N2C. The number of anilines is 1. The van der Waals surface area contributed by atoms with E-state index in [2.05, 4.69) is 15.7 Å². The molecule has 1 aromatic rings. The van der Waals surface area contributed by atoms with Crippen LogP contribution in [0.3, 0.4) is 0 Å². The van der Waals surface area contributed by atoms with Crippen molar-refractivity contribution in [3.05, 3.63) is 23.8 Å². The molecular weight excluding hydrogens is 244 g/mol. The van der Waals surface area contributed by atoms with E-state index in [1.807, 2.05) is 20.0 Å². The highest BCUT2D eigenvalue weighted by Crippen LogP contribution is 2.36. The summed E-state index contributed by atoms with van der Waals surface area (Å²) in [7, 11) is 3.30. The molecule has 0 N–H and O–H groups in total. The second-order valence-corrected chi connectivity index (χ2v) is 4.54. The molecular formula is C14H16N2O3. The van der Waals surface area contributed by atoms with Gasteiger partial charge >= 0.3 is 5.97 Å². The number of carbonyl (C=O) groups excluding carboxylic acids is 1. The van der Waals surface area contributed by atoms with Crippen molar-refractivity contribution in [2.75, 3.05) is 19.1 Å². The van der Waals surface area contributed by atoms with Crippen LogP contribution in [-0.4, -0.2) is 32.3 Å². The number of benzene rings is 1.